The van der Waals surface area contributed by atoms with Crippen LogP contribution in [-0.4, -0.2) is 34.2 Å². The van der Waals surface area contributed by atoms with Crippen LogP contribution >= 0.6 is 0 Å². The topological polar surface area (TPSA) is 59.2 Å². The number of aromatic nitrogens is 2. The number of amides is 1. The minimum Gasteiger partial charge on any atom is -0.337 e. The van der Waals surface area contributed by atoms with Crippen molar-refractivity contribution in [3.8, 4) is 0 Å². The summed E-state index contributed by atoms with van der Waals surface area (Å²) in [6, 6.07) is 0. The van der Waals surface area contributed by atoms with Gasteiger partial charge in [-0.3, -0.25) is 4.79 Å². The van der Waals surface area contributed by atoms with E-state index in [1.807, 2.05) is 13.8 Å². The summed E-state index contributed by atoms with van der Waals surface area (Å²) in [5.41, 5.74) is 0.883. The van der Waals surface area contributed by atoms with Gasteiger partial charge in [-0.05, 0) is 24.9 Å². The van der Waals surface area contributed by atoms with Gasteiger partial charge in [0.25, 0.3) is 5.91 Å². The fourth-order valence-corrected chi connectivity index (χ4v) is 1.43. The first-order valence-electron chi connectivity index (χ1n) is 5.29. The van der Waals surface area contributed by atoms with Gasteiger partial charge in [0.2, 0.25) is 0 Å². The Bertz CT molecular complexity index is 316. The van der Waals surface area contributed by atoms with E-state index in [0.717, 1.165) is 25.9 Å². The van der Waals surface area contributed by atoms with E-state index in [-0.39, 0.29) is 5.91 Å². The lowest BCUT2D eigenvalue weighted by molar-refractivity contribution is 0.0744. The number of nitrogens with zero attached hydrogens (tertiary/aromatic N) is 3. The fraction of sp³-hybridized carbons (Fsp3) is 0.700. The van der Waals surface area contributed by atoms with Crippen LogP contribution < -0.4 is 0 Å². The van der Waals surface area contributed by atoms with Gasteiger partial charge in [-0.25, -0.2) is 4.63 Å². The lowest BCUT2D eigenvalue weighted by Gasteiger charge is -2.19. The number of hydrogen-bond acceptors (Lipinski definition) is 4. The monoisotopic (exact) mass is 211 g/mol. The summed E-state index contributed by atoms with van der Waals surface area (Å²) < 4.78 is 4.53. The average Bonchev–Trinajstić information content (AvgIpc) is 2.63. The van der Waals surface area contributed by atoms with Crippen LogP contribution in [-0.2, 0) is 0 Å². The second-order valence-electron chi connectivity index (χ2n) is 3.49. The van der Waals surface area contributed by atoms with Gasteiger partial charge >= 0.3 is 0 Å². The van der Waals surface area contributed by atoms with Gasteiger partial charge in [-0.1, -0.05) is 19.0 Å². The molecule has 0 saturated heterocycles. The molecule has 0 aliphatic carbocycles. The molecule has 1 amide bonds. The normalized spacial score (nSPS) is 10.3. The van der Waals surface area contributed by atoms with Gasteiger partial charge in [-0.15, -0.1) is 0 Å². The van der Waals surface area contributed by atoms with Gasteiger partial charge in [0.05, 0.1) is 0 Å². The predicted octanol–water partition coefficient (Wildman–Crippen LogP) is 1.64. The fourth-order valence-electron chi connectivity index (χ4n) is 1.43. The van der Waals surface area contributed by atoms with Crippen LogP contribution in [0.25, 0.3) is 0 Å². The van der Waals surface area contributed by atoms with Gasteiger partial charge in [-0.2, -0.15) is 0 Å². The van der Waals surface area contributed by atoms with E-state index >= 15 is 0 Å². The van der Waals surface area contributed by atoms with Crippen molar-refractivity contribution in [3.63, 3.8) is 0 Å². The van der Waals surface area contributed by atoms with E-state index in [9.17, 15) is 4.79 Å². The van der Waals surface area contributed by atoms with Crippen molar-refractivity contribution in [2.75, 3.05) is 13.1 Å². The van der Waals surface area contributed by atoms with E-state index < -0.39 is 0 Å². The second-order valence-corrected chi connectivity index (χ2v) is 3.49. The first-order chi connectivity index (χ1) is 7.20. The van der Waals surface area contributed by atoms with Crippen LogP contribution in [0.3, 0.4) is 0 Å². The Morgan fingerprint density at radius 2 is 1.87 bits per heavy atom. The molecule has 84 valence electrons. The Kier molecular flexibility index (Phi) is 4.27. The molecule has 0 bridgehead atoms. The van der Waals surface area contributed by atoms with Crippen LogP contribution in [0.5, 0.6) is 0 Å². The molecule has 0 aliphatic rings. The number of rotatable bonds is 5. The summed E-state index contributed by atoms with van der Waals surface area (Å²) in [4.78, 5) is 13.8. The van der Waals surface area contributed by atoms with Crippen molar-refractivity contribution in [2.45, 2.75) is 33.6 Å². The Hall–Kier alpha value is -1.39. The second kappa shape index (κ2) is 5.48. The molecule has 1 aromatic rings. The molecule has 0 aromatic carbocycles. The molecular formula is C10H17N3O2. The molecule has 0 aliphatic heterocycles. The highest BCUT2D eigenvalue weighted by Crippen LogP contribution is 2.07. The Labute approximate surface area is 89.4 Å². The highest BCUT2D eigenvalue weighted by Gasteiger charge is 2.20. The maximum atomic E-state index is 12.0. The molecule has 1 heterocycles. The van der Waals surface area contributed by atoms with Crippen molar-refractivity contribution in [1.29, 1.82) is 0 Å². The molecule has 5 heteroatoms. The van der Waals surface area contributed by atoms with Crippen molar-refractivity contribution < 1.29 is 9.42 Å². The first kappa shape index (κ1) is 11.7. The zero-order valence-electron chi connectivity index (χ0n) is 9.49. The number of carbonyl (C=O) groups is 1. The average molecular weight is 211 g/mol. The number of carbonyl (C=O) groups excluding carboxylic acids is 1. The molecule has 1 aromatic heterocycles. The largest absolute Gasteiger partial charge is 0.337 e. The Morgan fingerprint density at radius 1 is 1.27 bits per heavy atom. The number of hydrogen-bond donors (Lipinski definition) is 0. The van der Waals surface area contributed by atoms with Crippen LogP contribution in [0.1, 0.15) is 42.9 Å². The summed E-state index contributed by atoms with van der Waals surface area (Å²) in [6.45, 7) is 7.31. The van der Waals surface area contributed by atoms with E-state index in [0.29, 0.717) is 11.4 Å². The van der Waals surface area contributed by atoms with Crippen molar-refractivity contribution >= 4 is 5.91 Å². The summed E-state index contributed by atoms with van der Waals surface area (Å²) in [5, 5.41) is 7.23. The molecule has 0 saturated carbocycles. The third kappa shape index (κ3) is 2.78. The Morgan fingerprint density at radius 3 is 2.27 bits per heavy atom. The van der Waals surface area contributed by atoms with Crippen LogP contribution in [0.4, 0.5) is 0 Å². The minimum absolute atomic E-state index is 0.0857. The summed E-state index contributed by atoms with van der Waals surface area (Å²) in [5.74, 6) is -0.0857. The lowest BCUT2D eigenvalue weighted by atomic mass is 10.2. The van der Waals surface area contributed by atoms with Gasteiger partial charge in [0.1, 0.15) is 5.69 Å². The van der Waals surface area contributed by atoms with Gasteiger partial charge in [0.15, 0.2) is 5.69 Å². The van der Waals surface area contributed by atoms with E-state index in [4.69, 9.17) is 0 Å². The first-order valence-corrected chi connectivity index (χ1v) is 5.29. The number of aryl methyl sites for hydroxylation is 1. The van der Waals surface area contributed by atoms with Crippen molar-refractivity contribution in [2.24, 2.45) is 0 Å². The van der Waals surface area contributed by atoms with Crippen molar-refractivity contribution in [3.05, 3.63) is 11.4 Å². The highest BCUT2D eigenvalue weighted by atomic mass is 16.6. The third-order valence-electron chi connectivity index (χ3n) is 2.13. The molecule has 15 heavy (non-hydrogen) atoms. The van der Waals surface area contributed by atoms with Crippen molar-refractivity contribution in [1.82, 2.24) is 15.2 Å². The van der Waals surface area contributed by atoms with E-state index in [1.54, 1.807) is 11.8 Å². The molecule has 0 spiro atoms. The molecule has 5 nitrogen and oxygen atoms in total. The maximum absolute atomic E-state index is 12.0. The standard InChI is InChI=1S/C10H17N3O2/c1-4-6-13(7-5-2)10(14)9-8(3)11-15-12-9/h4-7H2,1-3H3. The smallest absolute Gasteiger partial charge is 0.278 e. The molecule has 0 radical (unpaired) electrons. The van der Waals surface area contributed by atoms with Crippen LogP contribution in [0, 0.1) is 6.92 Å². The zero-order valence-corrected chi connectivity index (χ0v) is 9.49. The zero-order chi connectivity index (χ0) is 11.3. The summed E-state index contributed by atoms with van der Waals surface area (Å²) in [6.07, 6.45) is 1.88. The van der Waals surface area contributed by atoms with Crippen LogP contribution in [0.2, 0.25) is 0 Å². The molecule has 0 unspecified atom stereocenters. The lowest BCUT2D eigenvalue weighted by Crippen LogP contribution is -2.33. The molecule has 0 N–H and O–H groups in total. The van der Waals surface area contributed by atoms with E-state index in [2.05, 4.69) is 14.9 Å². The molecule has 0 atom stereocenters. The minimum atomic E-state index is -0.0857. The van der Waals surface area contributed by atoms with Gasteiger partial charge < -0.3 is 4.90 Å². The molecular weight excluding hydrogens is 194 g/mol. The van der Waals surface area contributed by atoms with E-state index in [1.165, 1.54) is 0 Å². The quantitative estimate of drug-likeness (QED) is 0.742. The third-order valence-corrected chi connectivity index (χ3v) is 2.13. The molecule has 0 fully saturated rings. The predicted molar refractivity (Wildman–Crippen MR) is 55.5 cm³/mol. The summed E-state index contributed by atoms with van der Waals surface area (Å²) in [7, 11) is 0. The SMILES string of the molecule is CCCN(CCC)C(=O)c1nonc1C. The Balaban J connectivity index is 2.76. The maximum Gasteiger partial charge on any atom is 0.278 e. The van der Waals surface area contributed by atoms with Gasteiger partial charge in [0, 0.05) is 13.1 Å². The van der Waals surface area contributed by atoms with Crippen LogP contribution in [0.15, 0.2) is 4.63 Å². The molecule has 1 rings (SSSR count). The summed E-state index contributed by atoms with van der Waals surface area (Å²) >= 11 is 0. The highest BCUT2D eigenvalue weighted by molar-refractivity contribution is 5.93.